The zero-order valence-electron chi connectivity index (χ0n) is 20.8. The molecule has 1 heterocycles. The molecular weight excluding hydrogens is 498 g/mol. The molecule has 2 aromatic carbocycles. The van der Waals surface area contributed by atoms with Gasteiger partial charge in [-0.1, -0.05) is 37.7 Å². The molecular formula is C26H31N3O5S2. The zero-order chi connectivity index (χ0) is 26.3. The SMILES string of the molecule is C=CCn1c(=NC(=O)c2ccc(S(=O)(=O)N(CC)CCCC)cc2)sc2cc(C(=O)OCC)ccc21. The Balaban J connectivity index is 1.95. The van der Waals surface area contributed by atoms with Crippen LogP contribution >= 0.6 is 11.3 Å². The Morgan fingerprint density at radius 2 is 1.81 bits per heavy atom. The lowest BCUT2D eigenvalue weighted by Gasteiger charge is -2.20. The third-order valence-corrected chi connectivity index (χ3v) is 8.59. The number of nitrogens with zero attached hydrogens (tertiary/aromatic N) is 3. The number of carbonyl (C=O) groups excluding carboxylic acids is 2. The molecule has 0 atom stereocenters. The minimum atomic E-state index is -3.63. The highest BCUT2D eigenvalue weighted by atomic mass is 32.2. The van der Waals surface area contributed by atoms with Crippen LogP contribution in [-0.2, 0) is 21.3 Å². The van der Waals surface area contributed by atoms with Gasteiger partial charge in [0.25, 0.3) is 5.91 Å². The first-order valence-electron chi connectivity index (χ1n) is 11.9. The van der Waals surface area contributed by atoms with E-state index in [9.17, 15) is 18.0 Å². The van der Waals surface area contributed by atoms with Gasteiger partial charge in [0.15, 0.2) is 4.80 Å². The average Bonchev–Trinajstić information content (AvgIpc) is 3.20. The van der Waals surface area contributed by atoms with Crippen LogP contribution in [0.1, 0.15) is 54.3 Å². The number of fused-ring (bicyclic) bond motifs is 1. The van der Waals surface area contributed by atoms with Crippen LogP contribution in [0.5, 0.6) is 0 Å². The molecule has 10 heteroatoms. The molecule has 3 rings (SSSR count). The molecule has 0 saturated carbocycles. The van der Waals surface area contributed by atoms with E-state index in [4.69, 9.17) is 4.74 Å². The van der Waals surface area contributed by atoms with E-state index >= 15 is 0 Å². The summed E-state index contributed by atoms with van der Waals surface area (Å²) in [5.41, 5.74) is 1.51. The van der Waals surface area contributed by atoms with Crippen LogP contribution in [0.25, 0.3) is 10.2 Å². The summed E-state index contributed by atoms with van der Waals surface area (Å²) in [6.07, 6.45) is 3.38. The monoisotopic (exact) mass is 529 g/mol. The van der Waals surface area contributed by atoms with E-state index in [-0.39, 0.29) is 17.1 Å². The smallest absolute Gasteiger partial charge is 0.338 e. The van der Waals surface area contributed by atoms with E-state index in [0.717, 1.165) is 23.1 Å². The van der Waals surface area contributed by atoms with Gasteiger partial charge in [0.1, 0.15) is 0 Å². The van der Waals surface area contributed by atoms with Crippen LogP contribution in [0.2, 0.25) is 0 Å². The van der Waals surface area contributed by atoms with Crippen molar-refractivity contribution in [1.82, 2.24) is 8.87 Å². The summed E-state index contributed by atoms with van der Waals surface area (Å²) in [6, 6.07) is 11.0. The number of hydrogen-bond acceptors (Lipinski definition) is 6. The van der Waals surface area contributed by atoms with Gasteiger partial charge in [-0.25, -0.2) is 13.2 Å². The molecule has 0 unspecified atom stereocenters. The Labute approximate surface area is 215 Å². The van der Waals surface area contributed by atoms with Gasteiger partial charge in [-0.05, 0) is 55.8 Å². The van der Waals surface area contributed by atoms with E-state index in [1.54, 1.807) is 31.2 Å². The van der Waals surface area contributed by atoms with Crippen molar-refractivity contribution in [1.29, 1.82) is 0 Å². The highest BCUT2D eigenvalue weighted by Gasteiger charge is 2.22. The molecule has 1 amide bonds. The van der Waals surface area contributed by atoms with Gasteiger partial charge >= 0.3 is 5.97 Å². The van der Waals surface area contributed by atoms with Crippen molar-refractivity contribution >= 4 is 43.5 Å². The molecule has 0 saturated heterocycles. The Bertz CT molecular complexity index is 1420. The predicted molar refractivity (Wildman–Crippen MR) is 142 cm³/mol. The van der Waals surface area contributed by atoms with E-state index in [2.05, 4.69) is 11.6 Å². The first-order chi connectivity index (χ1) is 17.3. The van der Waals surface area contributed by atoms with Gasteiger partial charge in [0.05, 0.1) is 27.3 Å². The second kappa shape index (κ2) is 12.2. The first kappa shape index (κ1) is 27.5. The molecule has 0 aliphatic rings. The number of amides is 1. The molecule has 0 spiro atoms. The maximum atomic E-state index is 13.0. The van der Waals surface area contributed by atoms with Crippen molar-refractivity contribution < 1.29 is 22.7 Å². The number of esters is 1. The lowest BCUT2D eigenvalue weighted by Crippen LogP contribution is -2.31. The summed E-state index contributed by atoms with van der Waals surface area (Å²) >= 11 is 1.28. The number of allylic oxidation sites excluding steroid dienone is 1. The lowest BCUT2D eigenvalue weighted by molar-refractivity contribution is 0.0526. The summed E-state index contributed by atoms with van der Waals surface area (Å²) in [6.45, 7) is 10.9. The summed E-state index contributed by atoms with van der Waals surface area (Å²) in [7, 11) is -3.63. The molecule has 1 aromatic heterocycles. The van der Waals surface area contributed by atoms with E-state index in [1.165, 1.54) is 39.9 Å². The zero-order valence-corrected chi connectivity index (χ0v) is 22.4. The number of ether oxygens (including phenoxy) is 1. The molecule has 0 aliphatic heterocycles. The number of unbranched alkanes of at least 4 members (excludes halogenated alkanes) is 1. The molecule has 0 N–H and O–H groups in total. The number of carbonyl (C=O) groups is 2. The molecule has 0 bridgehead atoms. The molecule has 3 aromatic rings. The van der Waals surface area contributed by atoms with Crippen LogP contribution in [-0.4, -0.2) is 48.9 Å². The molecule has 192 valence electrons. The van der Waals surface area contributed by atoms with Crippen molar-refractivity contribution in [3.63, 3.8) is 0 Å². The predicted octanol–water partition coefficient (Wildman–Crippen LogP) is 4.62. The largest absolute Gasteiger partial charge is 0.462 e. The van der Waals surface area contributed by atoms with Crippen LogP contribution in [0.4, 0.5) is 0 Å². The van der Waals surface area contributed by atoms with E-state index in [1.807, 2.05) is 18.4 Å². The van der Waals surface area contributed by atoms with E-state index < -0.39 is 21.9 Å². The summed E-state index contributed by atoms with van der Waals surface area (Å²) < 4.78 is 35.0. The van der Waals surface area contributed by atoms with Crippen molar-refractivity contribution in [2.45, 2.75) is 45.1 Å². The van der Waals surface area contributed by atoms with Crippen molar-refractivity contribution in [2.75, 3.05) is 19.7 Å². The number of hydrogen-bond donors (Lipinski definition) is 0. The van der Waals surface area contributed by atoms with Gasteiger partial charge in [-0.2, -0.15) is 9.30 Å². The molecule has 8 nitrogen and oxygen atoms in total. The fraction of sp³-hybridized carbons (Fsp3) is 0.346. The molecule has 0 aliphatic carbocycles. The Morgan fingerprint density at radius 3 is 2.42 bits per heavy atom. The van der Waals surface area contributed by atoms with Gasteiger partial charge in [-0.3, -0.25) is 4.79 Å². The number of benzene rings is 2. The fourth-order valence-electron chi connectivity index (χ4n) is 3.66. The van der Waals surface area contributed by atoms with Gasteiger partial charge in [-0.15, -0.1) is 6.58 Å². The maximum Gasteiger partial charge on any atom is 0.338 e. The normalized spacial score (nSPS) is 12.3. The topological polar surface area (TPSA) is 98.0 Å². The second-order valence-corrected chi connectivity index (χ2v) is 10.9. The number of aromatic nitrogens is 1. The Morgan fingerprint density at radius 1 is 1.11 bits per heavy atom. The van der Waals surface area contributed by atoms with Crippen LogP contribution in [0.15, 0.2) is 65.0 Å². The van der Waals surface area contributed by atoms with Crippen LogP contribution < -0.4 is 4.80 Å². The van der Waals surface area contributed by atoms with Crippen LogP contribution in [0.3, 0.4) is 0 Å². The summed E-state index contributed by atoms with van der Waals surface area (Å²) in [5, 5.41) is 0. The number of sulfonamides is 1. The van der Waals surface area contributed by atoms with Gasteiger partial charge in [0, 0.05) is 25.2 Å². The highest BCUT2D eigenvalue weighted by molar-refractivity contribution is 7.89. The third-order valence-electron chi connectivity index (χ3n) is 5.56. The standard InChI is InChI=1S/C26H31N3O5S2/c1-5-9-17-28(7-3)36(32,33)21-13-10-19(11-14-21)24(30)27-26-29(16-6-2)22-15-12-20(18-23(22)35-26)25(31)34-8-4/h6,10-15,18H,2,5,7-9,16-17H2,1,3-4H3. The minimum absolute atomic E-state index is 0.145. The van der Waals surface area contributed by atoms with Gasteiger partial charge in [0.2, 0.25) is 10.0 Å². The summed E-state index contributed by atoms with van der Waals surface area (Å²) in [4.78, 5) is 30.0. The third kappa shape index (κ3) is 6.00. The van der Waals surface area contributed by atoms with Crippen molar-refractivity contribution in [3.8, 4) is 0 Å². The number of rotatable bonds is 11. The second-order valence-electron chi connectivity index (χ2n) is 7.98. The summed E-state index contributed by atoms with van der Waals surface area (Å²) in [5.74, 6) is -0.906. The number of thiazole rings is 1. The molecule has 0 radical (unpaired) electrons. The first-order valence-corrected chi connectivity index (χ1v) is 14.1. The van der Waals surface area contributed by atoms with E-state index in [0.29, 0.717) is 30.0 Å². The Kier molecular flexibility index (Phi) is 9.36. The van der Waals surface area contributed by atoms with Crippen molar-refractivity contribution in [2.24, 2.45) is 4.99 Å². The van der Waals surface area contributed by atoms with Gasteiger partial charge < -0.3 is 9.30 Å². The van der Waals surface area contributed by atoms with Crippen LogP contribution in [0, 0.1) is 0 Å². The van der Waals surface area contributed by atoms with Crippen molar-refractivity contribution in [3.05, 3.63) is 71.0 Å². The molecule has 36 heavy (non-hydrogen) atoms. The average molecular weight is 530 g/mol. The Hall–Kier alpha value is -3.08. The minimum Gasteiger partial charge on any atom is -0.462 e. The quantitative estimate of drug-likeness (QED) is 0.267. The fourth-order valence-corrected chi connectivity index (χ4v) is 6.22. The highest BCUT2D eigenvalue weighted by Crippen LogP contribution is 2.21. The molecule has 0 fully saturated rings. The lowest BCUT2D eigenvalue weighted by atomic mass is 10.2. The maximum absolute atomic E-state index is 13.0.